The summed E-state index contributed by atoms with van der Waals surface area (Å²) in [6, 6.07) is 6.26. The summed E-state index contributed by atoms with van der Waals surface area (Å²) in [6.07, 6.45) is 2.72. The number of aromatic nitrogens is 1. The molecule has 1 saturated carbocycles. The molecule has 1 heterocycles. The van der Waals surface area contributed by atoms with Crippen molar-refractivity contribution in [3.63, 3.8) is 0 Å². The Morgan fingerprint density at radius 2 is 2.15 bits per heavy atom. The molecule has 1 aliphatic carbocycles. The lowest BCUT2D eigenvalue weighted by Gasteiger charge is -2.16. The second-order valence-electron chi connectivity index (χ2n) is 5.66. The molecule has 1 aromatic heterocycles. The maximum atomic E-state index is 5.67. The van der Waals surface area contributed by atoms with Gasteiger partial charge in [0.2, 0.25) is 0 Å². The molecule has 0 saturated heterocycles. The van der Waals surface area contributed by atoms with Gasteiger partial charge in [0.05, 0.1) is 18.0 Å². The highest BCUT2D eigenvalue weighted by molar-refractivity contribution is 5.11. The highest BCUT2D eigenvalue weighted by Crippen LogP contribution is 2.28. The highest BCUT2D eigenvalue weighted by Gasteiger charge is 2.20. The van der Waals surface area contributed by atoms with Gasteiger partial charge in [-0.2, -0.15) is 0 Å². The molecule has 0 aliphatic heterocycles. The highest BCUT2D eigenvalue weighted by atomic mass is 16.5. The lowest BCUT2D eigenvalue weighted by molar-refractivity contribution is 0.101. The SMILES string of the molecule is CCNCc1cccc(CN(C)CCOCC2CC2)n1. The zero-order chi connectivity index (χ0) is 14.2. The van der Waals surface area contributed by atoms with Crippen molar-refractivity contribution >= 4 is 0 Å². The summed E-state index contributed by atoms with van der Waals surface area (Å²) in [4.78, 5) is 6.94. The lowest BCUT2D eigenvalue weighted by atomic mass is 10.3. The van der Waals surface area contributed by atoms with Crippen LogP contribution in [0.5, 0.6) is 0 Å². The van der Waals surface area contributed by atoms with Gasteiger partial charge in [0.1, 0.15) is 0 Å². The van der Waals surface area contributed by atoms with E-state index < -0.39 is 0 Å². The maximum Gasteiger partial charge on any atom is 0.0593 e. The molecule has 20 heavy (non-hydrogen) atoms. The van der Waals surface area contributed by atoms with E-state index in [9.17, 15) is 0 Å². The Kier molecular flexibility index (Phi) is 6.43. The summed E-state index contributed by atoms with van der Waals surface area (Å²) in [6.45, 7) is 7.55. The number of nitrogens with one attached hydrogen (secondary N) is 1. The quantitative estimate of drug-likeness (QED) is 0.664. The van der Waals surface area contributed by atoms with Gasteiger partial charge >= 0.3 is 0 Å². The Labute approximate surface area is 122 Å². The zero-order valence-corrected chi connectivity index (χ0v) is 12.8. The fourth-order valence-corrected chi connectivity index (χ4v) is 2.08. The van der Waals surface area contributed by atoms with Gasteiger partial charge in [0, 0.05) is 26.2 Å². The summed E-state index contributed by atoms with van der Waals surface area (Å²) in [5, 5.41) is 3.31. The average Bonchev–Trinajstić information content (AvgIpc) is 3.26. The molecule has 4 heteroatoms. The van der Waals surface area contributed by atoms with E-state index >= 15 is 0 Å². The Balaban J connectivity index is 1.67. The Morgan fingerprint density at radius 1 is 1.35 bits per heavy atom. The number of pyridine rings is 1. The van der Waals surface area contributed by atoms with Gasteiger partial charge in [-0.3, -0.25) is 9.88 Å². The molecule has 0 unspecified atom stereocenters. The van der Waals surface area contributed by atoms with Crippen molar-refractivity contribution in [3.05, 3.63) is 29.6 Å². The Morgan fingerprint density at radius 3 is 2.90 bits per heavy atom. The fourth-order valence-electron chi connectivity index (χ4n) is 2.08. The normalized spacial score (nSPS) is 14.9. The second-order valence-corrected chi connectivity index (χ2v) is 5.66. The molecule has 0 spiro atoms. The molecule has 0 aromatic carbocycles. The van der Waals surface area contributed by atoms with Crippen LogP contribution in [0, 0.1) is 5.92 Å². The fraction of sp³-hybridized carbons (Fsp3) is 0.688. The minimum absolute atomic E-state index is 0.823. The molecular weight excluding hydrogens is 250 g/mol. The van der Waals surface area contributed by atoms with Crippen LogP contribution in [0.15, 0.2) is 18.2 Å². The van der Waals surface area contributed by atoms with Crippen LogP contribution in [0.1, 0.15) is 31.2 Å². The number of ether oxygens (including phenoxy) is 1. The number of hydrogen-bond donors (Lipinski definition) is 1. The topological polar surface area (TPSA) is 37.4 Å². The summed E-state index contributed by atoms with van der Waals surface area (Å²) in [5.74, 6) is 0.852. The van der Waals surface area contributed by atoms with Crippen molar-refractivity contribution in [2.75, 3.05) is 33.4 Å². The Bertz CT molecular complexity index is 393. The first kappa shape index (κ1) is 15.4. The molecule has 4 nitrogen and oxygen atoms in total. The molecule has 0 bridgehead atoms. The molecule has 112 valence electrons. The largest absolute Gasteiger partial charge is 0.380 e. The van der Waals surface area contributed by atoms with Crippen molar-refractivity contribution in [2.45, 2.75) is 32.9 Å². The first-order valence-corrected chi connectivity index (χ1v) is 7.69. The minimum atomic E-state index is 0.823. The summed E-state index contributed by atoms with van der Waals surface area (Å²) in [7, 11) is 2.12. The van der Waals surface area contributed by atoms with Crippen LogP contribution in [-0.4, -0.2) is 43.2 Å². The second kappa shape index (κ2) is 8.35. The number of hydrogen-bond acceptors (Lipinski definition) is 4. The van der Waals surface area contributed by atoms with E-state index in [1.165, 1.54) is 12.8 Å². The smallest absolute Gasteiger partial charge is 0.0593 e. The lowest BCUT2D eigenvalue weighted by Crippen LogP contribution is -2.24. The minimum Gasteiger partial charge on any atom is -0.380 e. The van der Waals surface area contributed by atoms with Crippen molar-refractivity contribution in [1.29, 1.82) is 0 Å². The van der Waals surface area contributed by atoms with Gasteiger partial charge < -0.3 is 10.1 Å². The van der Waals surface area contributed by atoms with Gasteiger partial charge in [-0.05, 0) is 44.5 Å². The van der Waals surface area contributed by atoms with Crippen LogP contribution in [-0.2, 0) is 17.8 Å². The number of likely N-dealkylation sites (N-methyl/N-ethyl adjacent to an activating group) is 1. The number of nitrogens with zero attached hydrogens (tertiary/aromatic N) is 2. The average molecular weight is 277 g/mol. The molecular formula is C16H27N3O. The molecule has 0 atom stereocenters. The third-order valence-electron chi connectivity index (χ3n) is 3.52. The van der Waals surface area contributed by atoms with E-state index in [0.29, 0.717) is 0 Å². The Hall–Kier alpha value is -0.970. The van der Waals surface area contributed by atoms with Gasteiger partial charge in [-0.15, -0.1) is 0 Å². The summed E-state index contributed by atoms with van der Waals surface area (Å²) < 4.78 is 5.67. The van der Waals surface area contributed by atoms with E-state index in [2.05, 4.69) is 47.4 Å². The molecule has 1 fully saturated rings. The van der Waals surface area contributed by atoms with E-state index in [4.69, 9.17) is 4.74 Å². The van der Waals surface area contributed by atoms with Crippen LogP contribution in [0.2, 0.25) is 0 Å². The predicted octanol–water partition coefficient (Wildman–Crippen LogP) is 2.05. The summed E-state index contributed by atoms with van der Waals surface area (Å²) >= 11 is 0. The van der Waals surface area contributed by atoms with Crippen LogP contribution >= 0.6 is 0 Å². The van der Waals surface area contributed by atoms with Crippen molar-refractivity contribution in [2.24, 2.45) is 5.92 Å². The van der Waals surface area contributed by atoms with Gasteiger partial charge in [0.15, 0.2) is 0 Å². The first-order chi connectivity index (χ1) is 9.78. The van der Waals surface area contributed by atoms with E-state index in [0.717, 1.165) is 56.7 Å². The number of rotatable bonds is 10. The molecule has 0 amide bonds. The molecule has 2 rings (SSSR count). The zero-order valence-electron chi connectivity index (χ0n) is 12.8. The van der Waals surface area contributed by atoms with Gasteiger partial charge in [-0.1, -0.05) is 13.0 Å². The monoisotopic (exact) mass is 277 g/mol. The van der Waals surface area contributed by atoms with Crippen LogP contribution in [0.3, 0.4) is 0 Å². The van der Waals surface area contributed by atoms with E-state index in [1.54, 1.807) is 0 Å². The van der Waals surface area contributed by atoms with Crippen molar-refractivity contribution in [3.8, 4) is 0 Å². The predicted molar refractivity (Wildman–Crippen MR) is 81.5 cm³/mol. The van der Waals surface area contributed by atoms with Gasteiger partial charge in [0.25, 0.3) is 0 Å². The molecule has 0 radical (unpaired) electrons. The van der Waals surface area contributed by atoms with Crippen molar-refractivity contribution in [1.82, 2.24) is 15.2 Å². The van der Waals surface area contributed by atoms with Crippen LogP contribution in [0.25, 0.3) is 0 Å². The maximum absolute atomic E-state index is 5.67. The van der Waals surface area contributed by atoms with Crippen molar-refractivity contribution < 1.29 is 4.74 Å². The van der Waals surface area contributed by atoms with E-state index in [1.807, 2.05) is 0 Å². The van der Waals surface area contributed by atoms with Gasteiger partial charge in [-0.25, -0.2) is 0 Å². The van der Waals surface area contributed by atoms with E-state index in [-0.39, 0.29) is 0 Å². The third-order valence-corrected chi connectivity index (χ3v) is 3.52. The first-order valence-electron chi connectivity index (χ1n) is 7.69. The molecule has 1 N–H and O–H groups in total. The standard InChI is InChI=1S/C16H27N3O/c1-3-17-11-15-5-4-6-16(18-15)12-19(2)9-10-20-13-14-7-8-14/h4-6,14,17H,3,7-13H2,1-2H3. The van der Waals surface area contributed by atoms with Crippen LogP contribution < -0.4 is 5.32 Å². The molecule has 1 aromatic rings. The summed E-state index contributed by atoms with van der Waals surface area (Å²) in [5.41, 5.74) is 2.24. The van der Waals surface area contributed by atoms with Crippen LogP contribution in [0.4, 0.5) is 0 Å². The third kappa shape index (κ3) is 5.99. The molecule has 1 aliphatic rings.